The number of amides is 1. The van der Waals surface area contributed by atoms with E-state index in [0.717, 1.165) is 11.1 Å². The smallest absolute Gasteiger partial charge is 0.317 e. The number of aliphatic imine (C=N–C) groups is 1. The highest BCUT2D eigenvalue weighted by Gasteiger charge is 2.27. The van der Waals surface area contributed by atoms with Gasteiger partial charge in [0.05, 0.1) is 23.0 Å². The van der Waals surface area contributed by atoms with Crippen LogP contribution in [0.4, 0.5) is 11.7 Å². The number of pyridine rings is 1. The molecule has 1 amide bonds. The largest absolute Gasteiger partial charge is 0.403 e. The number of anilines is 2. The summed E-state index contributed by atoms with van der Waals surface area (Å²) >= 11 is 0. The first kappa shape index (κ1) is 24.5. The van der Waals surface area contributed by atoms with Crippen LogP contribution in [-0.2, 0) is 11.8 Å². The van der Waals surface area contributed by atoms with Crippen molar-refractivity contribution in [2.75, 3.05) is 10.6 Å². The first-order valence-corrected chi connectivity index (χ1v) is 12.4. The summed E-state index contributed by atoms with van der Waals surface area (Å²) in [6, 6.07) is 27.3. The number of carbonyl (C=O) groups excluding carboxylic acids is 1. The molecule has 1 atom stereocenters. The first-order valence-electron chi connectivity index (χ1n) is 12.4. The van der Waals surface area contributed by atoms with Gasteiger partial charge in [-0.25, -0.2) is 4.99 Å². The van der Waals surface area contributed by atoms with Crippen molar-refractivity contribution in [3.05, 3.63) is 118 Å². The number of aryl methyl sites for hydroxylation is 1. The molecule has 0 fully saturated rings. The van der Waals surface area contributed by atoms with Crippen LogP contribution in [0.3, 0.4) is 0 Å². The quantitative estimate of drug-likeness (QED) is 0.349. The summed E-state index contributed by atoms with van der Waals surface area (Å²) in [6.07, 6.45) is 0.616. The van der Waals surface area contributed by atoms with Crippen molar-refractivity contribution in [1.82, 2.24) is 14.8 Å². The molecule has 0 aliphatic carbocycles. The Morgan fingerprint density at radius 3 is 2.50 bits per heavy atom. The molecule has 0 spiro atoms. The molecule has 1 unspecified atom stereocenters. The Hall–Kier alpha value is -5.82. The van der Waals surface area contributed by atoms with E-state index in [-0.39, 0.29) is 23.4 Å². The van der Waals surface area contributed by atoms with E-state index in [2.05, 4.69) is 26.9 Å². The van der Waals surface area contributed by atoms with E-state index in [1.54, 1.807) is 37.5 Å². The Labute approximate surface area is 228 Å². The molecule has 10 nitrogen and oxygen atoms in total. The average molecular weight is 528 g/mol. The maximum atomic E-state index is 13.2. The van der Waals surface area contributed by atoms with Crippen LogP contribution in [0.25, 0.3) is 22.6 Å². The number of hydrogen-bond acceptors (Lipinski definition) is 8. The van der Waals surface area contributed by atoms with Crippen molar-refractivity contribution in [2.24, 2.45) is 12.0 Å². The van der Waals surface area contributed by atoms with Gasteiger partial charge in [0.2, 0.25) is 17.6 Å². The molecule has 3 heterocycles. The lowest BCUT2D eigenvalue weighted by atomic mass is 9.98. The zero-order valence-corrected chi connectivity index (χ0v) is 21.2. The predicted octanol–water partition coefficient (Wildman–Crippen LogP) is 4.20. The molecule has 0 saturated heterocycles. The maximum Gasteiger partial charge on any atom is 0.317 e. The Kier molecular flexibility index (Phi) is 6.22. The Balaban J connectivity index is 1.37. The number of nitrogens with one attached hydrogen (secondary N) is 2. The van der Waals surface area contributed by atoms with Crippen LogP contribution in [0.2, 0.25) is 0 Å². The fraction of sp³-hybridized carbons (Fsp3) is 0.0667. The van der Waals surface area contributed by atoms with Crippen molar-refractivity contribution < 1.29 is 9.21 Å². The average Bonchev–Trinajstić information content (AvgIpc) is 3.40. The summed E-state index contributed by atoms with van der Waals surface area (Å²) in [4.78, 5) is 29.9. The number of benzodiazepines with no additional fused rings is 1. The summed E-state index contributed by atoms with van der Waals surface area (Å²) in [5, 5.41) is 23.6. The van der Waals surface area contributed by atoms with E-state index < -0.39 is 6.17 Å². The zero-order chi connectivity index (χ0) is 27.6. The minimum atomic E-state index is -1.06. The molecule has 2 aromatic heterocycles. The van der Waals surface area contributed by atoms with Crippen LogP contribution in [0.1, 0.15) is 16.7 Å². The molecular formula is C30H21N7O3. The summed E-state index contributed by atoms with van der Waals surface area (Å²) in [6.45, 7) is 0. The van der Waals surface area contributed by atoms with Crippen LogP contribution < -0.4 is 16.2 Å². The fourth-order valence-corrected chi connectivity index (χ4v) is 4.48. The third-order valence-corrected chi connectivity index (χ3v) is 6.45. The minimum Gasteiger partial charge on any atom is -0.403 e. The number of nitriles is 1. The van der Waals surface area contributed by atoms with E-state index in [1.165, 1.54) is 10.6 Å². The molecule has 6 rings (SSSR count). The van der Waals surface area contributed by atoms with Gasteiger partial charge in [0.25, 0.3) is 5.91 Å². The molecular weight excluding hydrogens is 506 g/mol. The summed E-state index contributed by atoms with van der Waals surface area (Å²) in [5.74, 6) is -0.220. The normalized spacial score (nSPS) is 14.3. The second-order valence-electron chi connectivity index (χ2n) is 9.08. The number of benzene rings is 3. The number of fused-ring (bicyclic) bond motifs is 1. The zero-order valence-electron chi connectivity index (χ0n) is 21.2. The molecule has 2 N–H and O–H groups in total. The lowest BCUT2D eigenvalue weighted by molar-refractivity contribution is -0.116. The SMILES string of the molecule is Cn1cc(-c2cc(C#N)ccc2-c2nnc(NC3N=C(c4ccccc4)c4ccccc4NC3=O)o2)ccc1=O. The minimum absolute atomic E-state index is 0.00645. The van der Waals surface area contributed by atoms with Gasteiger partial charge in [0, 0.05) is 36.0 Å². The standard InChI is InChI=1S/C30H21N7O3/c1-37-17-20(12-14-25(37)38)23-15-18(16-31)11-13-21(23)29-35-36-30(40-29)34-27-28(39)32-24-10-6-5-9-22(24)26(33-27)19-7-3-2-4-8-19/h2-15,17,27H,1H3,(H,32,39)(H,34,36). The van der Waals surface area contributed by atoms with Crippen molar-refractivity contribution >= 4 is 23.3 Å². The molecule has 0 bridgehead atoms. The van der Waals surface area contributed by atoms with Crippen molar-refractivity contribution in [2.45, 2.75) is 6.17 Å². The Morgan fingerprint density at radius 2 is 1.70 bits per heavy atom. The first-order chi connectivity index (χ1) is 19.5. The summed E-state index contributed by atoms with van der Waals surface area (Å²) < 4.78 is 7.38. The van der Waals surface area contributed by atoms with E-state index >= 15 is 0 Å². The molecule has 0 radical (unpaired) electrons. The van der Waals surface area contributed by atoms with Gasteiger partial charge in [0.15, 0.2) is 0 Å². The molecule has 0 saturated carbocycles. The highest BCUT2D eigenvalue weighted by atomic mass is 16.4. The number of aromatic nitrogens is 3. The van der Waals surface area contributed by atoms with Gasteiger partial charge in [-0.2, -0.15) is 5.26 Å². The van der Waals surface area contributed by atoms with Crippen LogP contribution in [0, 0.1) is 11.3 Å². The Morgan fingerprint density at radius 1 is 0.900 bits per heavy atom. The van der Waals surface area contributed by atoms with E-state index in [9.17, 15) is 14.9 Å². The van der Waals surface area contributed by atoms with Gasteiger partial charge >= 0.3 is 6.01 Å². The topological polar surface area (TPSA) is 138 Å². The Bertz CT molecular complexity index is 1880. The lowest BCUT2D eigenvalue weighted by Gasteiger charge is -2.11. The van der Waals surface area contributed by atoms with Crippen LogP contribution in [-0.4, -0.2) is 32.5 Å². The molecule has 194 valence electrons. The third kappa shape index (κ3) is 4.63. The van der Waals surface area contributed by atoms with Gasteiger partial charge in [0.1, 0.15) is 0 Å². The molecule has 40 heavy (non-hydrogen) atoms. The van der Waals surface area contributed by atoms with Gasteiger partial charge in [-0.3, -0.25) is 9.59 Å². The fourth-order valence-electron chi connectivity index (χ4n) is 4.48. The second-order valence-corrected chi connectivity index (χ2v) is 9.08. The summed E-state index contributed by atoms with van der Waals surface area (Å²) in [5.41, 5.74) is 5.08. The number of para-hydroxylation sites is 1. The third-order valence-electron chi connectivity index (χ3n) is 6.45. The van der Waals surface area contributed by atoms with Crippen molar-refractivity contribution in [1.29, 1.82) is 5.26 Å². The van der Waals surface area contributed by atoms with Gasteiger partial charge in [-0.05, 0) is 41.5 Å². The van der Waals surface area contributed by atoms with Gasteiger partial charge in [-0.15, -0.1) is 5.10 Å². The molecule has 5 aromatic rings. The van der Waals surface area contributed by atoms with Crippen molar-refractivity contribution in [3.8, 4) is 28.7 Å². The highest BCUT2D eigenvalue weighted by molar-refractivity contribution is 6.19. The van der Waals surface area contributed by atoms with Crippen LogP contribution >= 0.6 is 0 Å². The van der Waals surface area contributed by atoms with Crippen LogP contribution in [0.5, 0.6) is 0 Å². The molecule has 1 aliphatic heterocycles. The monoisotopic (exact) mass is 527 g/mol. The molecule has 3 aromatic carbocycles. The van der Waals surface area contributed by atoms with Gasteiger partial charge < -0.3 is 19.6 Å². The van der Waals surface area contributed by atoms with E-state index in [0.29, 0.717) is 33.7 Å². The van der Waals surface area contributed by atoms with E-state index in [1.807, 2.05) is 54.6 Å². The lowest BCUT2D eigenvalue weighted by Crippen LogP contribution is -2.32. The second kappa shape index (κ2) is 10.2. The van der Waals surface area contributed by atoms with Gasteiger partial charge in [-0.1, -0.05) is 53.6 Å². The number of carbonyl (C=O) groups is 1. The summed E-state index contributed by atoms with van der Waals surface area (Å²) in [7, 11) is 1.65. The maximum absolute atomic E-state index is 13.2. The predicted molar refractivity (Wildman–Crippen MR) is 150 cm³/mol. The number of rotatable bonds is 5. The molecule has 10 heteroatoms. The highest BCUT2D eigenvalue weighted by Crippen LogP contribution is 2.33. The van der Waals surface area contributed by atoms with E-state index in [4.69, 9.17) is 9.41 Å². The van der Waals surface area contributed by atoms with Crippen molar-refractivity contribution in [3.63, 3.8) is 0 Å². The molecule has 1 aliphatic rings. The number of hydrogen-bond donors (Lipinski definition) is 2. The van der Waals surface area contributed by atoms with Crippen LogP contribution in [0.15, 0.2) is 105 Å². The number of nitrogens with zero attached hydrogens (tertiary/aromatic N) is 5.